The van der Waals surface area contributed by atoms with Gasteiger partial charge in [0, 0.05) is 38.8 Å². The first-order valence-corrected chi connectivity index (χ1v) is 10.1. The highest BCUT2D eigenvalue weighted by atomic mass is 127. The van der Waals surface area contributed by atoms with E-state index < -0.39 is 11.6 Å². The van der Waals surface area contributed by atoms with Crippen LogP contribution in [-0.4, -0.2) is 62.9 Å². The molecular formula is C22H29F2IN4O3. The van der Waals surface area contributed by atoms with Crippen molar-refractivity contribution in [3.8, 4) is 17.2 Å². The lowest BCUT2D eigenvalue weighted by atomic mass is 10.2. The van der Waals surface area contributed by atoms with E-state index in [0.29, 0.717) is 50.8 Å². The molecule has 1 saturated heterocycles. The highest BCUT2D eigenvalue weighted by Gasteiger charge is 2.22. The summed E-state index contributed by atoms with van der Waals surface area (Å²) in [6.07, 6.45) is 0. The lowest BCUT2D eigenvalue weighted by Crippen LogP contribution is -2.52. The molecule has 0 saturated carbocycles. The summed E-state index contributed by atoms with van der Waals surface area (Å²) in [4.78, 5) is 8.63. The Bertz CT molecular complexity index is 912. The number of methoxy groups -OCH3 is 2. The normalized spacial score (nSPS) is 14.1. The van der Waals surface area contributed by atoms with E-state index in [1.807, 2.05) is 11.8 Å². The van der Waals surface area contributed by atoms with Crippen molar-refractivity contribution in [1.29, 1.82) is 0 Å². The first kappa shape index (κ1) is 25.8. The van der Waals surface area contributed by atoms with Crippen LogP contribution in [0.15, 0.2) is 35.3 Å². The van der Waals surface area contributed by atoms with Gasteiger partial charge in [0.05, 0.1) is 26.5 Å². The monoisotopic (exact) mass is 562 g/mol. The fourth-order valence-electron chi connectivity index (χ4n) is 3.52. The second kappa shape index (κ2) is 11.9. The number of phenolic OH excluding ortho intramolecular Hbond substituents is 1. The average Bonchev–Trinajstić information content (AvgIpc) is 2.79. The number of hydrogen-bond donors (Lipinski definition) is 2. The number of benzene rings is 2. The smallest absolute Gasteiger partial charge is 0.200 e. The van der Waals surface area contributed by atoms with Crippen LogP contribution in [-0.2, 0) is 6.54 Å². The molecule has 0 unspecified atom stereocenters. The van der Waals surface area contributed by atoms with Gasteiger partial charge in [0.2, 0.25) is 5.75 Å². The zero-order chi connectivity index (χ0) is 22.4. The van der Waals surface area contributed by atoms with Crippen LogP contribution in [0.4, 0.5) is 14.5 Å². The summed E-state index contributed by atoms with van der Waals surface area (Å²) in [5.41, 5.74) is 1.10. The second-order valence-electron chi connectivity index (χ2n) is 7.09. The molecule has 10 heteroatoms. The molecule has 0 amide bonds. The maximum absolute atomic E-state index is 14.1. The van der Waals surface area contributed by atoms with Gasteiger partial charge >= 0.3 is 0 Å². The molecule has 2 aromatic carbocycles. The number of aliphatic imine (C=N–C) groups is 1. The molecule has 176 valence electrons. The van der Waals surface area contributed by atoms with Gasteiger partial charge in [0.15, 0.2) is 17.5 Å². The van der Waals surface area contributed by atoms with Crippen LogP contribution in [0, 0.1) is 11.6 Å². The van der Waals surface area contributed by atoms with Crippen molar-refractivity contribution in [2.24, 2.45) is 4.99 Å². The van der Waals surface area contributed by atoms with Crippen LogP contribution in [0.5, 0.6) is 17.2 Å². The topological polar surface area (TPSA) is 69.6 Å². The van der Waals surface area contributed by atoms with Crippen molar-refractivity contribution in [2.75, 3.05) is 51.8 Å². The molecule has 1 aliphatic heterocycles. The number of guanidine groups is 1. The number of piperazine rings is 1. The molecule has 1 heterocycles. The minimum absolute atomic E-state index is 0. The molecule has 2 aromatic rings. The number of phenols is 1. The zero-order valence-corrected chi connectivity index (χ0v) is 20.7. The van der Waals surface area contributed by atoms with Crippen LogP contribution >= 0.6 is 24.0 Å². The van der Waals surface area contributed by atoms with Crippen molar-refractivity contribution in [3.63, 3.8) is 0 Å². The Hall–Kier alpha value is -2.50. The lowest BCUT2D eigenvalue weighted by Gasteiger charge is -2.37. The summed E-state index contributed by atoms with van der Waals surface area (Å²) in [6.45, 7) is 5.36. The van der Waals surface area contributed by atoms with Gasteiger partial charge < -0.3 is 29.7 Å². The number of aromatic hydroxyl groups is 1. The lowest BCUT2D eigenvalue weighted by molar-refractivity contribution is 0.339. The number of nitrogens with one attached hydrogen (secondary N) is 1. The number of anilines is 1. The number of nitrogens with zero attached hydrogens (tertiary/aromatic N) is 3. The standard InChI is InChI=1S/C22H28F2N4O3.HI/c1-4-25-22(26-14-15-11-19(30-2)21(29)20(12-15)31-3)28-9-7-27(8-10-28)18-13-16(23)5-6-17(18)24;/h5-6,11-13,29H,4,7-10,14H2,1-3H3,(H,25,26);1H. The van der Waals surface area contributed by atoms with Gasteiger partial charge in [-0.05, 0) is 36.8 Å². The summed E-state index contributed by atoms with van der Waals surface area (Å²) in [7, 11) is 2.96. The fraction of sp³-hybridized carbons (Fsp3) is 0.409. The van der Waals surface area contributed by atoms with Crippen molar-refractivity contribution in [2.45, 2.75) is 13.5 Å². The molecule has 2 N–H and O–H groups in total. The van der Waals surface area contributed by atoms with Gasteiger partial charge in [-0.1, -0.05) is 0 Å². The average molecular weight is 562 g/mol. The number of rotatable bonds is 6. The summed E-state index contributed by atoms with van der Waals surface area (Å²) >= 11 is 0. The zero-order valence-electron chi connectivity index (χ0n) is 18.4. The molecular weight excluding hydrogens is 533 g/mol. The molecule has 32 heavy (non-hydrogen) atoms. The summed E-state index contributed by atoms with van der Waals surface area (Å²) in [5.74, 6) is 0.443. The number of halogens is 3. The van der Waals surface area contributed by atoms with E-state index in [1.54, 1.807) is 12.1 Å². The molecule has 0 radical (unpaired) electrons. The summed E-state index contributed by atoms with van der Waals surface area (Å²) in [6, 6.07) is 6.95. The van der Waals surface area contributed by atoms with Gasteiger partial charge in [-0.2, -0.15) is 0 Å². The third-order valence-corrected chi connectivity index (χ3v) is 5.11. The maximum atomic E-state index is 14.1. The van der Waals surface area contributed by atoms with Crippen LogP contribution in [0.2, 0.25) is 0 Å². The van der Waals surface area contributed by atoms with Crippen LogP contribution in [0.3, 0.4) is 0 Å². The first-order valence-electron chi connectivity index (χ1n) is 10.1. The Labute approximate surface area is 204 Å². The van der Waals surface area contributed by atoms with Gasteiger partial charge in [-0.15, -0.1) is 24.0 Å². The Kier molecular flexibility index (Phi) is 9.60. The van der Waals surface area contributed by atoms with Crippen molar-refractivity contribution in [1.82, 2.24) is 10.2 Å². The van der Waals surface area contributed by atoms with Crippen LogP contribution in [0.25, 0.3) is 0 Å². The van der Waals surface area contributed by atoms with Gasteiger partial charge in [0.25, 0.3) is 0 Å². The molecule has 1 aliphatic rings. The predicted octanol–water partition coefficient (Wildman–Crippen LogP) is 3.59. The van der Waals surface area contributed by atoms with E-state index in [2.05, 4.69) is 10.2 Å². The third kappa shape index (κ3) is 6.05. The molecule has 0 atom stereocenters. The van der Waals surface area contributed by atoms with Crippen molar-refractivity contribution in [3.05, 3.63) is 47.5 Å². The second-order valence-corrected chi connectivity index (χ2v) is 7.09. The first-order chi connectivity index (χ1) is 15.0. The van der Waals surface area contributed by atoms with E-state index >= 15 is 0 Å². The minimum Gasteiger partial charge on any atom is -0.502 e. The van der Waals surface area contributed by atoms with E-state index in [4.69, 9.17) is 14.5 Å². The molecule has 0 spiro atoms. The Balaban J connectivity index is 0.00000363. The van der Waals surface area contributed by atoms with E-state index in [-0.39, 0.29) is 35.4 Å². The Morgan fingerprint density at radius 3 is 2.25 bits per heavy atom. The van der Waals surface area contributed by atoms with E-state index in [0.717, 1.165) is 23.7 Å². The van der Waals surface area contributed by atoms with E-state index in [9.17, 15) is 13.9 Å². The molecule has 7 nitrogen and oxygen atoms in total. The Morgan fingerprint density at radius 2 is 1.69 bits per heavy atom. The van der Waals surface area contributed by atoms with Gasteiger partial charge in [0.1, 0.15) is 11.6 Å². The number of ether oxygens (including phenoxy) is 2. The molecule has 0 aromatic heterocycles. The highest BCUT2D eigenvalue weighted by Crippen LogP contribution is 2.37. The minimum atomic E-state index is -0.450. The Morgan fingerprint density at radius 1 is 1.06 bits per heavy atom. The summed E-state index contributed by atoms with van der Waals surface area (Å²) < 4.78 is 38.0. The molecule has 1 fully saturated rings. The molecule has 3 rings (SSSR count). The third-order valence-electron chi connectivity index (χ3n) is 5.11. The summed E-state index contributed by atoms with van der Waals surface area (Å²) in [5, 5.41) is 13.4. The quantitative estimate of drug-likeness (QED) is 0.319. The van der Waals surface area contributed by atoms with Crippen LogP contribution < -0.4 is 19.7 Å². The predicted molar refractivity (Wildman–Crippen MR) is 132 cm³/mol. The maximum Gasteiger partial charge on any atom is 0.200 e. The van der Waals surface area contributed by atoms with Gasteiger partial charge in [-0.25, -0.2) is 13.8 Å². The SMILES string of the molecule is CCNC(=NCc1cc(OC)c(O)c(OC)c1)N1CCN(c2cc(F)ccc2F)CC1.I. The highest BCUT2D eigenvalue weighted by molar-refractivity contribution is 14.0. The van der Waals surface area contributed by atoms with Crippen molar-refractivity contribution >= 4 is 35.6 Å². The van der Waals surface area contributed by atoms with Crippen LogP contribution in [0.1, 0.15) is 12.5 Å². The fourth-order valence-corrected chi connectivity index (χ4v) is 3.52. The van der Waals surface area contributed by atoms with Crippen molar-refractivity contribution < 1.29 is 23.4 Å². The molecule has 0 bridgehead atoms. The van der Waals surface area contributed by atoms with E-state index in [1.165, 1.54) is 20.3 Å². The number of hydrogen-bond acceptors (Lipinski definition) is 5. The molecule has 0 aliphatic carbocycles. The van der Waals surface area contributed by atoms with Gasteiger partial charge in [-0.3, -0.25) is 0 Å². The largest absolute Gasteiger partial charge is 0.502 e.